The third-order valence-electron chi connectivity index (χ3n) is 3.61. The maximum Gasteiger partial charge on any atom is 0.263 e. The molecule has 0 N–H and O–H groups in total. The van der Waals surface area contributed by atoms with Crippen molar-refractivity contribution in [2.24, 2.45) is 7.05 Å². The van der Waals surface area contributed by atoms with Gasteiger partial charge in [0.05, 0.1) is 0 Å². The predicted octanol–water partition coefficient (Wildman–Crippen LogP) is 0.682. The van der Waals surface area contributed by atoms with E-state index < -0.39 is 10.0 Å². The summed E-state index contributed by atoms with van der Waals surface area (Å²) in [4.78, 5) is 2.18. The second kappa shape index (κ2) is 6.08. The highest BCUT2D eigenvalue weighted by atomic mass is 79.9. The molecule has 1 aliphatic heterocycles. The molecule has 1 saturated heterocycles. The van der Waals surface area contributed by atoms with E-state index in [2.05, 4.69) is 31.1 Å². The van der Waals surface area contributed by atoms with Crippen molar-refractivity contribution < 1.29 is 8.42 Å². The van der Waals surface area contributed by atoms with Crippen LogP contribution in [0.5, 0.6) is 0 Å². The van der Waals surface area contributed by atoms with Crippen molar-refractivity contribution in [3.8, 4) is 0 Å². The molecule has 20 heavy (non-hydrogen) atoms. The average molecular weight is 366 g/mol. The van der Waals surface area contributed by atoms with Crippen LogP contribution >= 0.6 is 15.9 Å². The van der Waals surface area contributed by atoms with Crippen LogP contribution in [0.2, 0.25) is 0 Å². The number of hydrogen-bond donors (Lipinski definition) is 0. The van der Waals surface area contributed by atoms with Gasteiger partial charge in [-0.15, -0.1) is 5.10 Å². The minimum absolute atomic E-state index is 0.0192. The van der Waals surface area contributed by atoms with Crippen LogP contribution in [0.25, 0.3) is 0 Å². The van der Waals surface area contributed by atoms with E-state index in [0.29, 0.717) is 6.54 Å². The van der Waals surface area contributed by atoms with Crippen LogP contribution in [0.3, 0.4) is 0 Å². The molecule has 1 atom stereocenters. The van der Waals surface area contributed by atoms with E-state index >= 15 is 0 Å². The van der Waals surface area contributed by atoms with Gasteiger partial charge in [0.25, 0.3) is 10.0 Å². The van der Waals surface area contributed by atoms with Crippen molar-refractivity contribution in [2.45, 2.75) is 30.8 Å². The minimum atomic E-state index is -3.59. The third-order valence-corrected chi connectivity index (χ3v) is 6.45. The quantitative estimate of drug-likeness (QED) is 0.787. The molecule has 1 unspecified atom stereocenters. The fraction of sp³-hybridized carbons (Fsp3) is 0.818. The van der Waals surface area contributed by atoms with Gasteiger partial charge in [0.2, 0.25) is 5.03 Å². The van der Waals surface area contributed by atoms with Gasteiger partial charge in [-0.05, 0) is 42.4 Å². The van der Waals surface area contributed by atoms with Gasteiger partial charge < -0.3 is 4.90 Å². The maximum absolute atomic E-state index is 12.9. The van der Waals surface area contributed by atoms with Gasteiger partial charge in [-0.3, -0.25) is 0 Å². The Morgan fingerprint density at radius 3 is 2.60 bits per heavy atom. The van der Waals surface area contributed by atoms with Crippen molar-refractivity contribution in [2.75, 3.05) is 26.7 Å². The lowest BCUT2D eigenvalue weighted by molar-refractivity contribution is 0.269. The van der Waals surface area contributed by atoms with Gasteiger partial charge in [0.1, 0.15) is 0 Å². The summed E-state index contributed by atoms with van der Waals surface area (Å²) < 4.78 is 29.0. The van der Waals surface area contributed by atoms with Crippen LogP contribution < -0.4 is 0 Å². The van der Waals surface area contributed by atoms with Crippen molar-refractivity contribution in [1.29, 1.82) is 0 Å². The molecular formula is C11H20BrN5O2S. The van der Waals surface area contributed by atoms with Gasteiger partial charge in [-0.1, -0.05) is 12.1 Å². The van der Waals surface area contributed by atoms with Crippen LogP contribution in [-0.2, 0) is 17.1 Å². The molecule has 1 fully saturated rings. The fourth-order valence-electron chi connectivity index (χ4n) is 2.58. The first kappa shape index (κ1) is 15.9. The van der Waals surface area contributed by atoms with Gasteiger partial charge in [0, 0.05) is 26.2 Å². The second-order valence-electron chi connectivity index (χ2n) is 5.10. The molecule has 0 saturated carbocycles. The summed E-state index contributed by atoms with van der Waals surface area (Å²) in [6.45, 7) is 4.21. The molecule has 0 aliphatic carbocycles. The monoisotopic (exact) mass is 365 g/mol. The molecule has 0 amide bonds. The van der Waals surface area contributed by atoms with Crippen molar-refractivity contribution in [3.05, 3.63) is 4.60 Å². The summed E-state index contributed by atoms with van der Waals surface area (Å²) in [6.07, 6.45) is 1.61. The molecule has 7 nitrogen and oxygen atoms in total. The Kier molecular flexibility index (Phi) is 4.83. The van der Waals surface area contributed by atoms with E-state index in [1.807, 2.05) is 14.0 Å². The molecule has 0 radical (unpaired) electrons. The Morgan fingerprint density at radius 2 is 2.05 bits per heavy atom. The Labute approximate surface area is 128 Å². The smallest absolute Gasteiger partial charge is 0.263 e. The van der Waals surface area contributed by atoms with E-state index in [0.717, 1.165) is 25.9 Å². The zero-order valence-electron chi connectivity index (χ0n) is 12.0. The SMILES string of the molecule is CCC1CN(C)CCCN1S(=O)(=O)c1c(Br)nnn1C. The third kappa shape index (κ3) is 2.90. The first-order valence-electron chi connectivity index (χ1n) is 6.63. The van der Waals surface area contributed by atoms with E-state index in [-0.39, 0.29) is 15.7 Å². The predicted molar refractivity (Wildman–Crippen MR) is 78.8 cm³/mol. The molecule has 1 aliphatic rings. The van der Waals surface area contributed by atoms with Crippen molar-refractivity contribution in [1.82, 2.24) is 24.2 Å². The Morgan fingerprint density at radius 1 is 1.35 bits per heavy atom. The van der Waals surface area contributed by atoms with Gasteiger partial charge in [-0.25, -0.2) is 13.1 Å². The van der Waals surface area contributed by atoms with Crippen LogP contribution in [0.4, 0.5) is 0 Å². The lowest BCUT2D eigenvalue weighted by Gasteiger charge is -2.29. The highest BCUT2D eigenvalue weighted by molar-refractivity contribution is 9.10. The zero-order chi connectivity index (χ0) is 14.9. The lowest BCUT2D eigenvalue weighted by Crippen LogP contribution is -2.44. The molecule has 9 heteroatoms. The summed E-state index contributed by atoms with van der Waals surface area (Å²) in [5, 5.41) is 7.68. The summed E-state index contributed by atoms with van der Waals surface area (Å²) in [5.41, 5.74) is 0. The molecule has 0 aromatic carbocycles. The number of aryl methyl sites for hydroxylation is 1. The highest BCUT2D eigenvalue weighted by Crippen LogP contribution is 2.26. The Bertz CT molecular complexity index is 554. The number of halogens is 1. The first-order chi connectivity index (χ1) is 9.37. The normalized spacial score (nSPS) is 22.9. The molecule has 2 heterocycles. The fourth-order valence-corrected chi connectivity index (χ4v) is 5.34. The molecule has 0 bridgehead atoms. The van der Waals surface area contributed by atoms with E-state index in [4.69, 9.17) is 0 Å². The summed E-state index contributed by atoms with van der Waals surface area (Å²) in [5.74, 6) is 0. The molecule has 114 valence electrons. The van der Waals surface area contributed by atoms with E-state index in [1.54, 1.807) is 11.4 Å². The van der Waals surface area contributed by atoms with Crippen molar-refractivity contribution >= 4 is 26.0 Å². The Hall–Kier alpha value is -0.510. The van der Waals surface area contributed by atoms with Gasteiger partial charge >= 0.3 is 0 Å². The summed E-state index contributed by atoms with van der Waals surface area (Å²) in [7, 11) is 0.0306. The van der Waals surface area contributed by atoms with Crippen LogP contribution in [-0.4, -0.2) is 65.3 Å². The number of likely N-dealkylation sites (N-methyl/N-ethyl adjacent to an activating group) is 1. The van der Waals surface area contributed by atoms with E-state index in [9.17, 15) is 8.42 Å². The van der Waals surface area contributed by atoms with Gasteiger partial charge in [-0.2, -0.15) is 4.31 Å². The topological polar surface area (TPSA) is 71.3 Å². The summed E-state index contributed by atoms with van der Waals surface area (Å²) in [6, 6.07) is -0.0192. The molecule has 1 aromatic heterocycles. The van der Waals surface area contributed by atoms with Gasteiger partial charge in [0.15, 0.2) is 4.60 Å². The number of nitrogens with zero attached hydrogens (tertiary/aromatic N) is 5. The van der Waals surface area contributed by atoms with Crippen LogP contribution in [0.15, 0.2) is 9.63 Å². The highest BCUT2D eigenvalue weighted by Gasteiger charge is 2.36. The van der Waals surface area contributed by atoms with Crippen LogP contribution in [0, 0.1) is 0 Å². The number of sulfonamides is 1. The molecular weight excluding hydrogens is 346 g/mol. The number of aromatic nitrogens is 3. The Balaban J connectivity index is 2.41. The van der Waals surface area contributed by atoms with E-state index in [1.165, 1.54) is 4.68 Å². The largest absolute Gasteiger partial charge is 0.305 e. The lowest BCUT2D eigenvalue weighted by atomic mass is 10.2. The number of rotatable bonds is 3. The first-order valence-corrected chi connectivity index (χ1v) is 8.86. The summed E-state index contributed by atoms with van der Waals surface area (Å²) >= 11 is 3.18. The zero-order valence-corrected chi connectivity index (χ0v) is 14.4. The molecule has 1 aromatic rings. The molecule has 0 spiro atoms. The average Bonchev–Trinajstić information content (AvgIpc) is 2.61. The second-order valence-corrected chi connectivity index (χ2v) is 7.66. The number of hydrogen-bond acceptors (Lipinski definition) is 5. The minimum Gasteiger partial charge on any atom is -0.305 e. The van der Waals surface area contributed by atoms with Crippen LogP contribution in [0.1, 0.15) is 19.8 Å². The van der Waals surface area contributed by atoms with Crippen molar-refractivity contribution in [3.63, 3.8) is 0 Å². The standard InChI is InChI=1S/C11H20BrN5O2S/c1-4-9-8-15(2)6-5-7-17(9)20(18,19)11-10(12)13-14-16(11)3/h9H,4-8H2,1-3H3. The molecule has 2 rings (SSSR count). The maximum atomic E-state index is 12.9.